The Morgan fingerprint density at radius 3 is 2.20 bits per heavy atom. The van der Waals surface area contributed by atoms with E-state index in [1.165, 1.54) is 32.5 Å². The van der Waals surface area contributed by atoms with Gasteiger partial charge in [0.05, 0.1) is 0 Å². The molecular weight excluding hydrogens is 414 g/mol. The summed E-state index contributed by atoms with van der Waals surface area (Å²) >= 11 is 1.25. The number of ether oxygens (including phenoxy) is 4. The highest BCUT2D eigenvalue weighted by atomic mass is 32.2. The fraction of sp³-hybridized carbons (Fsp3) is 0.526. The first kappa shape index (κ1) is 23.5. The molecule has 1 heterocycles. The molecule has 1 aliphatic rings. The fourth-order valence-corrected chi connectivity index (χ4v) is 4.02. The van der Waals surface area contributed by atoms with Crippen LogP contribution in [0.4, 0.5) is 0 Å². The summed E-state index contributed by atoms with van der Waals surface area (Å²) in [6.07, 6.45) is -3.19. The first-order valence-corrected chi connectivity index (χ1v) is 10.00. The van der Waals surface area contributed by atoms with E-state index < -0.39 is 47.7 Å². The van der Waals surface area contributed by atoms with Crippen molar-refractivity contribution in [1.82, 2.24) is 0 Å². The second-order valence-corrected chi connectivity index (χ2v) is 7.79. The van der Waals surface area contributed by atoms with Gasteiger partial charge in [-0.3, -0.25) is 14.4 Å². The minimum absolute atomic E-state index is 0.237. The molecule has 1 unspecified atom stereocenters. The molecular formula is C19H23N3O7S. The molecule has 0 aromatic heterocycles. The van der Waals surface area contributed by atoms with Crippen molar-refractivity contribution in [3.05, 3.63) is 40.3 Å². The quantitative estimate of drug-likeness (QED) is 0.209. The Labute approximate surface area is 177 Å². The van der Waals surface area contributed by atoms with Crippen LogP contribution in [0.5, 0.6) is 0 Å². The molecule has 0 N–H and O–H groups in total. The van der Waals surface area contributed by atoms with Crippen LogP contribution in [-0.4, -0.2) is 54.3 Å². The van der Waals surface area contributed by atoms with Crippen LogP contribution in [0.2, 0.25) is 0 Å². The van der Waals surface area contributed by atoms with Crippen molar-refractivity contribution >= 4 is 29.7 Å². The van der Waals surface area contributed by atoms with Crippen LogP contribution < -0.4 is 0 Å². The van der Waals surface area contributed by atoms with Crippen LogP contribution in [0.1, 0.15) is 26.3 Å². The van der Waals surface area contributed by atoms with Crippen LogP contribution >= 0.6 is 11.8 Å². The number of thioether (sulfide) groups is 1. The molecule has 162 valence electrons. The largest absolute Gasteiger partial charge is 0.463 e. The molecule has 0 spiro atoms. The van der Waals surface area contributed by atoms with E-state index in [1.807, 2.05) is 31.2 Å². The second kappa shape index (κ2) is 10.9. The van der Waals surface area contributed by atoms with E-state index in [2.05, 4.69) is 10.0 Å². The topological polar surface area (TPSA) is 137 Å². The van der Waals surface area contributed by atoms with E-state index >= 15 is 0 Å². The average Bonchev–Trinajstić information content (AvgIpc) is 2.66. The molecule has 0 amide bonds. The number of carbonyl (C=O) groups is 3. The number of azide groups is 1. The predicted octanol–water partition coefficient (Wildman–Crippen LogP) is 2.92. The number of esters is 3. The summed E-state index contributed by atoms with van der Waals surface area (Å²) in [5.74, 6) is -1.86. The maximum atomic E-state index is 11.7. The van der Waals surface area contributed by atoms with E-state index in [4.69, 9.17) is 24.5 Å². The van der Waals surface area contributed by atoms with Gasteiger partial charge in [0.15, 0.2) is 12.2 Å². The maximum Gasteiger partial charge on any atom is 0.303 e. The summed E-state index contributed by atoms with van der Waals surface area (Å²) in [6, 6.07) is 6.57. The Hall–Kier alpha value is -2.75. The molecule has 11 heteroatoms. The Bertz CT molecular complexity index is 826. The van der Waals surface area contributed by atoms with Crippen LogP contribution in [-0.2, 0) is 33.3 Å². The Kier molecular flexibility index (Phi) is 8.52. The number of hydrogen-bond acceptors (Lipinski definition) is 9. The van der Waals surface area contributed by atoms with Gasteiger partial charge in [-0.15, -0.1) is 0 Å². The molecule has 1 fully saturated rings. The Balaban J connectivity index is 2.41. The molecule has 2 rings (SSSR count). The van der Waals surface area contributed by atoms with E-state index in [0.717, 1.165) is 10.5 Å². The highest BCUT2D eigenvalue weighted by molar-refractivity contribution is 7.99. The number of rotatable bonds is 7. The first-order valence-electron chi connectivity index (χ1n) is 9.12. The number of carbonyl (C=O) groups excluding carboxylic acids is 3. The van der Waals surface area contributed by atoms with Crippen LogP contribution in [0.25, 0.3) is 10.4 Å². The van der Waals surface area contributed by atoms with Gasteiger partial charge < -0.3 is 18.9 Å². The summed E-state index contributed by atoms with van der Waals surface area (Å²) in [5, 5.41) is 3.76. The van der Waals surface area contributed by atoms with Crippen LogP contribution in [0.3, 0.4) is 0 Å². The lowest BCUT2D eigenvalue weighted by Gasteiger charge is -2.43. The molecule has 1 saturated heterocycles. The van der Waals surface area contributed by atoms with Gasteiger partial charge in [0.25, 0.3) is 0 Å². The van der Waals surface area contributed by atoms with Gasteiger partial charge >= 0.3 is 17.9 Å². The minimum Gasteiger partial charge on any atom is -0.463 e. The number of hydrogen-bond donors (Lipinski definition) is 0. The van der Waals surface area contributed by atoms with Crippen molar-refractivity contribution < 1.29 is 33.3 Å². The molecule has 0 aliphatic carbocycles. The summed E-state index contributed by atoms with van der Waals surface area (Å²) in [6.45, 7) is 5.32. The predicted molar refractivity (Wildman–Crippen MR) is 106 cm³/mol. The lowest BCUT2D eigenvalue weighted by Crippen LogP contribution is -2.59. The molecule has 0 saturated carbocycles. The average molecular weight is 437 g/mol. The fourth-order valence-electron chi connectivity index (χ4n) is 2.92. The van der Waals surface area contributed by atoms with Gasteiger partial charge in [-0.25, -0.2) is 0 Å². The summed E-state index contributed by atoms with van der Waals surface area (Å²) in [7, 11) is 0. The van der Waals surface area contributed by atoms with Crippen molar-refractivity contribution in [2.75, 3.05) is 6.61 Å². The molecule has 0 bridgehead atoms. The summed E-state index contributed by atoms with van der Waals surface area (Å²) < 4.78 is 21.8. The standard InChI is InChI=1S/C19H23N3O7S/c1-10-5-7-14(8-6-10)30-19-16(21-22-20)18(28-13(4)25)17(27-12(3)24)15(29-19)9-26-11(2)23/h5-8,15-19H,9H2,1-4H3/t15-,16-,17-,18-,19?/m1/s1. The highest BCUT2D eigenvalue weighted by Gasteiger charge is 2.50. The highest BCUT2D eigenvalue weighted by Crippen LogP contribution is 2.37. The summed E-state index contributed by atoms with van der Waals surface area (Å²) in [5.41, 5.74) is 9.35. The Morgan fingerprint density at radius 1 is 1.07 bits per heavy atom. The van der Waals surface area contributed by atoms with Gasteiger partial charge in [-0.05, 0) is 24.6 Å². The molecule has 1 aromatic rings. The zero-order valence-corrected chi connectivity index (χ0v) is 17.8. The maximum absolute atomic E-state index is 11.7. The van der Waals surface area contributed by atoms with Gasteiger partial charge in [0, 0.05) is 30.6 Å². The van der Waals surface area contributed by atoms with Gasteiger partial charge in [0.1, 0.15) is 24.2 Å². The molecule has 0 radical (unpaired) electrons. The van der Waals surface area contributed by atoms with E-state index in [9.17, 15) is 14.4 Å². The van der Waals surface area contributed by atoms with Gasteiger partial charge in [-0.1, -0.05) is 34.6 Å². The number of benzene rings is 1. The lowest BCUT2D eigenvalue weighted by atomic mass is 9.98. The number of aryl methyl sites for hydroxylation is 1. The van der Waals surface area contributed by atoms with Crippen molar-refractivity contribution in [3.63, 3.8) is 0 Å². The Morgan fingerprint density at radius 2 is 1.67 bits per heavy atom. The zero-order valence-electron chi connectivity index (χ0n) is 17.0. The third-order valence-corrected chi connectivity index (χ3v) is 5.29. The van der Waals surface area contributed by atoms with Gasteiger partial charge in [-0.2, -0.15) is 0 Å². The van der Waals surface area contributed by atoms with E-state index in [0.29, 0.717) is 0 Å². The van der Waals surface area contributed by atoms with Crippen molar-refractivity contribution in [3.8, 4) is 0 Å². The third-order valence-electron chi connectivity index (χ3n) is 4.13. The number of nitrogens with zero attached hydrogens (tertiary/aromatic N) is 3. The monoisotopic (exact) mass is 437 g/mol. The van der Waals surface area contributed by atoms with Crippen molar-refractivity contribution in [2.45, 2.75) is 62.4 Å². The SMILES string of the molecule is CC(=O)OC[C@H]1OC(Sc2ccc(C)cc2)[C@H](N=[N+]=[N-])[C@@H](OC(C)=O)[C@@H]1OC(C)=O. The normalized spacial score (nSPS) is 25.5. The molecule has 5 atom stereocenters. The van der Waals surface area contributed by atoms with Crippen LogP contribution in [0.15, 0.2) is 34.3 Å². The minimum atomic E-state index is -1.13. The third kappa shape index (κ3) is 6.65. The zero-order chi connectivity index (χ0) is 22.3. The van der Waals surface area contributed by atoms with E-state index in [1.54, 1.807) is 0 Å². The molecule has 1 aliphatic heterocycles. The van der Waals surface area contributed by atoms with Crippen LogP contribution in [0, 0.1) is 6.92 Å². The molecule has 30 heavy (non-hydrogen) atoms. The second-order valence-electron chi connectivity index (χ2n) is 6.62. The summed E-state index contributed by atoms with van der Waals surface area (Å²) in [4.78, 5) is 38.4. The van der Waals surface area contributed by atoms with E-state index in [-0.39, 0.29) is 6.61 Å². The molecule has 1 aromatic carbocycles. The van der Waals surface area contributed by atoms with Crippen molar-refractivity contribution in [2.24, 2.45) is 5.11 Å². The molecule has 10 nitrogen and oxygen atoms in total. The smallest absolute Gasteiger partial charge is 0.303 e. The lowest BCUT2D eigenvalue weighted by molar-refractivity contribution is -0.208. The van der Waals surface area contributed by atoms with Crippen molar-refractivity contribution in [1.29, 1.82) is 0 Å². The first-order chi connectivity index (χ1) is 14.2. The van der Waals surface area contributed by atoms with Gasteiger partial charge in [0.2, 0.25) is 0 Å².